The molecular formula is C13H24N4. The van der Waals surface area contributed by atoms with Crippen molar-refractivity contribution in [1.29, 1.82) is 0 Å². The van der Waals surface area contributed by atoms with Crippen molar-refractivity contribution in [3.05, 3.63) is 18.5 Å². The average molecular weight is 236 g/mol. The summed E-state index contributed by atoms with van der Waals surface area (Å²) in [5, 5.41) is 4.24. The molecule has 0 bridgehead atoms. The first-order valence-corrected chi connectivity index (χ1v) is 6.69. The van der Waals surface area contributed by atoms with E-state index in [2.05, 4.69) is 17.0 Å². The second-order valence-corrected chi connectivity index (χ2v) is 5.10. The fourth-order valence-electron chi connectivity index (χ4n) is 2.90. The van der Waals surface area contributed by atoms with Gasteiger partial charge in [0.25, 0.3) is 0 Å². The van der Waals surface area contributed by atoms with E-state index in [-0.39, 0.29) is 0 Å². The monoisotopic (exact) mass is 236 g/mol. The second kappa shape index (κ2) is 6.17. The molecule has 2 N–H and O–H groups in total. The van der Waals surface area contributed by atoms with Gasteiger partial charge in [0.1, 0.15) is 0 Å². The van der Waals surface area contributed by atoms with E-state index >= 15 is 0 Å². The van der Waals surface area contributed by atoms with Gasteiger partial charge in [-0.15, -0.1) is 0 Å². The first-order valence-electron chi connectivity index (χ1n) is 6.69. The highest BCUT2D eigenvalue weighted by Gasteiger charge is 2.26. The van der Waals surface area contributed by atoms with Crippen molar-refractivity contribution in [2.24, 2.45) is 11.7 Å². The first-order chi connectivity index (χ1) is 8.31. The lowest BCUT2D eigenvalue weighted by atomic mass is 9.84. The number of likely N-dealkylation sites (N-methyl/N-ethyl adjacent to an activating group) is 1. The van der Waals surface area contributed by atoms with Crippen LogP contribution >= 0.6 is 0 Å². The Morgan fingerprint density at radius 2 is 2.24 bits per heavy atom. The summed E-state index contributed by atoms with van der Waals surface area (Å²) in [4.78, 5) is 2.47. The summed E-state index contributed by atoms with van der Waals surface area (Å²) in [6.07, 6.45) is 9.17. The lowest BCUT2D eigenvalue weighted by Gasteiger charge is -2.37. The Bertz CT molecular complexity index is 309. The van der Waals surface area contributed by atoms with Crippen LogP contribution in [-0.2, 0) is 6.54 Å². The van der Waals surface area contributed by atoms with Gasteiger partial charge in [-0.1, -0.05) is 12.8 Å². The second-order valence-electron chi connectivity index (χ2n) is 5.10. The van der Waals surface area contributed by atoms with Crippen LogP contribution in [0.1, 0.15) is 25.7 Å². The Hall–Kier alpha value is -0.870. The zero-order valence-electron chi connectivity index (χ0n) is 10.8. The largest absolute Gasteiger partial charge is 0.330 e. The van der Waals surface area contributed by atoms with Crippen molar-refractivity contribution in [3.63, 3.8) is 0 Å². The van der Waals surface area contributed by atoms with Crippen LogP contribution in [0.2, 0.25) is 0 Å². The Labute approximate surface area is 104 Å². The summed E-state index contributed by atoms with van der Waals surface area (Å²) in [6, 6.07) is 2.65. The molecule has 1 fully saturated rings. The topological polar surface area (TPSA) is 47.1 Å². The molecule has 1 aliphatic carbocycles. The highest BCUT2D eigenvalue weighted by atomic mass is 15.3. The van der Waals surface area contributed by atoms with Crippen LogP contribution in [0.5, 0.6) is 0 Å². The molecule has 0 aliphatic heterocycles. The van der Waals surface area contributed by atoms with Gasteiger partial charge in [-0.3, -0.25) is 4.68 Å². The van der Waals surface area contributed by atoms with E-state index in [1.54, 1.807) is 0 Å². The molecule has 1 aliphatic rings. The molecule has 1 aromatic rings. The van der Waals surface area contributed by atoms with Crippen molar-refractivity contribution in [2.75, 3.05) is 20.1 Å². The third-order valence-corrected chi connectivity index (χ3v) is 3.98. The number of nitrogens with two attached hydrogens (primary N) is 1. The molecule has 0 amide bonds. The van der Waals surface area contributed by atoms with Gasteiger partial charge in [-0.2, -0.15) is 5.10 Å². The standard InChI is InChI=1S/C13H24N4/c1-16(9-10-17-8-4-7-15-17)13-6-3-2-5-12(13)11-14/h4,7-8,12-13H,2-3,5-6,9-11,14H2,1H3. The summed E-state index contributed by atoms with van der Waals surface area (Å²) >= 11 is 0. The minimum Gasteiger partial charge on any atom is -0.330 e. The molecule has 2 atom stereocenters. The van der Waals surface area contributed by atoms with E-state index in [0.717, 1.165) is 19.6 Å². The minimum absolute atomic E-state index is 0.671. The van der Waals surface area contributed by atoms with Gasteiger partial charge in [-0.05, 0) is 38.4 Å². The smallest absolute Gasteiger partial charge is 0.0536 e. The molecule has 4 heteroatoms. The Balaban J connectivity index is 1.83. The molecule has 2 unspecified atom stereocenters. The summed E-state index contributed by atoms with van der Waals surface area (Å²) in [5.41, 5.74) is 5.88. The Morgan fingerprint density at radius 3 is 2.94 bits per heavy atom. The highest BCUT2D eigenvalue weighted by Crippen LogP contribution is 2.26. The van der Waals surface area contributed by atoms with Crippen molar-refractivity contribution in [3.8, 4) is 0 Å². The van der Waals surface area contributed by atoms with E-state index < -0.39 is 0 Å². The Kier molecular flexibility index (Phi) is 4.57. The maximum Gasteiger partial charge on any atom is 0.0536 e. The molecule has 96 valence electrons. The summed E-state index contributed by atoms with van der Waals surface area (Å²) in [7, 11) is 2.22. The van der Waals surface area contributed by atoms with Crippen LogP contribution in [0.3, 0.4) is 0 Å². The number of nitrogens with zero attached hydrogens (tertiary/aromatic N) is 3. The Morgan fingerprint density at radius 1 is 1.41 bits per heavy atom. The van der Waals surface area contributed by atoms with Crippen LogP contribution < -0.4 is 5.73 Å². The zero-order valence-corrected chi connectivity index (χ0v) is 10.8. The van der Waals surface area contributed by atoms with Gasteiger partial charge < -0.3 is 10.6 Å². The van der Waals surface area contributed by atoms with Gasteiger partial charge in [0.15, 0.2) is 0 Å². The number of aromatic nitrogens is 2. The van der Waals surface area contributed by atoms with Crippen LogP contribution in [-0.4, -0.2) is 40.9 Å². The lowest BCUT2D eigenvalue weighted by molar-refractivity contribution is 0.128. The summed E-state index contributed by atoms with van der Waals surface area (Å²) in [6.45, 7) is 2.86. The van der Waals surface area contributed by atoms with E-state index in [0.29, 0.717) is 12.0 Å². The van der Waals surface area contributed by atoms with Gasteiger partial charge >= 0.3 is 0 Å². The molecule has 0 aromatic carbocycles. The molecule has 1 saturated carbocycles. The number of hydrogen-bond acceptors (Lipinski definition) is 3. The zero-order chi connectivity index (χ0) is 12.1. The van der Waals surface area contributed by atoms with Gasteiger partial charge in [0.05, 0.1) is 6.54 Å². The SMILES string of the molecule is CN(CCn1cccn1)C1CCCCC1CN. The molecule has 0 saturated heterocycles. The molecule has 1 heterocycles. The molecule has 0 spiro atoms. The normalized spacial score (nSPS) is 25.4. The van der Waals surface area contributed by atoms with E-state index in [4.69, 9.17) is 5.73 Å². The maximum absolute atomic E-state index is 5.88. The van der Waals surface area contributed by atoms with E-state index in [1.165, 1.54) is 25.7 Å². The van der Waals surface area contributed by atoms with Crippen molar-refractivity contribution < 1.29 is 0 Å². The molecule has 0 radical (unpaired) electrons. The van der Waals surface area contributed by atoms with Gasteiger partial charge in [0.2, 0.25) is 0 Å². The van der Waals surface area contributed by atoms with E-state index in [9.17, 15) is 0 Å². The maximum atomic E-state index is 5.88. The van der Waals surface area contributed by atoms with Crippen molar-refractivity contribution in [1.82, 2.24) is 14.7 Å². The average Bonchev–Trinajstić information content (AvgIpc) is 2.89. The molecule has 17 heavy (non-hydrogen) atoms. The quantitative estimate of drug-likeness (QED) is 0.839. The van der Waals surface area contributed by atoms with Crippen molar-refractivity contribution in [2.45, 2.75) is 38.3 Å². The molecular weight excluding hydrogens is 212 g/mol. The highest BCUT2D eigenvalue weighted by molar-refractivity contribution is 4.83. The van der Waals surface area contributed by atoms with Crippen LogP contribution in [0.15, 0.2) is 18.5 Å². The fraction of sp³-hybridized carbons (Fsp3) is 0.769. The van der Waals surface area contributed by atoms with Crippen LogP contribution in [0, 0.1) is 5.92 Å². The summed E-state index contributed by atoms with van der Waals surface area (Å²) in [5.74, 6) is 0.686. The predicted molar refractivity (Wildman–Crippen MR) is 69.7 cm³/mol. The minimum atomic E-state index is 0.671. The number of rotatable bonds is 5. The van der Waals surface area contributed by atoms with Gasteiger partial charge in [-0.25, -0.2) is 0 Å². The molecule has 2 rings (SSSR count). The molecule has 4 nitrogen and oxygen atoms in total. The van der Waals surface area contributed by atoms with Crippen molar-refractivity contribution >= 4 is 0 Å². The van der Waals surface area contributed by atoms with Gasteiger partial charge in [0, 0.05) is 25.0 Å². The fourth-order valence-corrected chi connectivity index (χ4v) is 2.90. The predicted octanol–water partition coefficient (Wildman–Crippen LogP) is 1.33. The van der Waals surface area contributed by atoms with Crippen LogP contribution in [0.25, 0.3) is 0 Å². The lowest BCUT2D eigenvalue weighted by Crippen LogP contribution is -2.44. The number of hydrogen-bond donors (Lipinski definition) is 1. The first kappa shape index (κ1) is 12.6. The van der Waals surface area contributed by atoms with Crippen LogP contribution in [0.4, 0.5) is 0 Å². The third-order valence-electron chi connectivity index (χ3n) is 3.98. The third kappa shape index (κ3) is 3.30. The summed E-state index contributed by atoms with van der Waals surface area (Å²) < 4.78 is 2.00. The van der Waals surface area contributed by atoms with E-state index in [1.807, 2.05) is 23.1 Å². The molecule has 1 aromatic heterocycles.